The van der Waals surface area contributed by atoms with Gasteiger partial charge in [0, 0.05) is 90.2 Å². The molecular weight excluding hydrogens is 400 g/mol. The minimum absolute atomic E-state index is 0.841. The van der Waals surface area contributed by atoms with E-state index in [2.05, 4.69) is 63.8 Å². The summed E-state index contributed by atoms with van der Waals surface area (Å²) in [6, 6.07) is 12.9. The van der Waals surface area contributed by atoms with Gasteiger partial charge >= 0.3 is 0 Å². The van der Waals surface area contributed by atoms with E-state index in [0.717, 1.165) is 77.3 Å². The number of anilines is 2. The van der Waals surface area contributed by atoms with E-state index in [9.17, 15) is 0 Å². The topological polar surface area (TPSA) is 64.5 Å². The molecule has 0 amide bonds. The van der Waals surface area contributed by atoms with Gasteiger partial charge in [-0.15, -0.1) is 0 Å². The normalized spacial score (nSPS) is 18.1. The summed E-state index contributed by atoms with van der Waals surface area (Å²) in [4.78, 5) is 27.0. The van der Waals surface area contributed by atoms with Crippen LogP contribution in [-0.2, 0) is 13.1 Å². The number of piperazine rings is 2. The van der Waals surface area contributed by atoms with E-state index in [1.165, 1.54) is 11.1 Å². The predicted octanol–water partition coefficient (Wildman–Crippen LogP) is 1.91. The summed E-state index contributed by atoms with van der Waals surface area (Å²) in [7, 11) is 0. The standard InChI is InChI=1S/C24H30N8/c1-7-25-23(26-8-1)31-15-11-29(12-16-31)19-21-3-5-22(6-4-21)20-30-13-17-32(18-14-30)24-27-9-2-10-28-24/h1-10H,11-20H2. The van der Waals surface area contributed by atoms with E-state index in [0.29, 0.717) is 0 Å². The van der Waals surface area contributed by atoms with E-state index in [1.54, 1.807) is 0 Å². The van der Waals surface area contributed by atoms with Gasteiger partial charge in [0.1, 0.15) is 0 Å². The second-order valence-corrected chi connectivity index (χ2v) is 8.44. The van der Waals surface area contributed by atoms with Crippen molar-refractivity contribution in [2.75, 3.05) is 62.2 Å². The van der Waals surface area contributed by atoms with Crippen molar-refractivity contribution in [1.29, 1.82) is 0 Å². The van der Waals surface area contributed by atoms with Crippen molar-refractivity contribution < 1.29 is 0 Å². The Labute approximate surface area is 189 Å². The lowest BCUT2D eigenvalue weighted by molar-refractivity contribution is 0.246. The minimum atomic E-state index is 0.841. The Balaban J connectivity index is 1.07. The van der Waals surface area contributed by atoms with Crippen molar-refractivity contribution in [1.82, 2.24) is 29.7 Å². The van der Waals surface area contributed by atoms with Gasteiger partial charge in [0.05, 0.1) is 0 Å². The van der Waals surface area contributed by atoms with E-state index in [-0.39, 0.29) is 0 Å². The van der Waals surface area contributed by atoms with E-state index in [1.807, 2.05) is 36.9 Å². The number of hydrogen-bond acceptors (Lipinski definition) is 8. The molecule has 2 aromatic heterocycles. The fourth-order valence-corrected chi connectivity index (χ4v) is 4.39. The third kappa shape index (κ3) is 5.20. The molecule has 4 heterocycles. The first kappa shape index (κ1) is 20.8. The summed E-state index contributed by atoms with van der Waals surface area (Å²) in [6.45, 7) is 10.0. The second kappa shape index (κ2) is 10.0. The second-order valence-electron chi connectivity index (χ2n) is 8.44. The van der Waals surface area contributed by atoms with E-state index >= 15 is 0 Å². The van der Waals surface area contributed by atoms with Crippen LogP contribution in [-0.4, -0.2) is 82.1 Å². The molecule has 5 rings (SSSR count). The molecule has 0 bridgehead atoms. The molecule has 8 nitrogen and oxygen atoms in total. The van der Waals surface area contributed by atoms with E-state index < -0.39 is 0 Å². The molecule has 3 aromatic rings. The van der Waals surface area contributed by atoms with Crippen molar-refractivity contribution in [3.8, 4) is 0 Å². The number of hydrogen-bond donors (Lipinski definition) is 0. The molecule has 0 atom stereocenters. The number of benzene rings is 1. The van der Waals surface area contributed by atoms with Gasteiger partial charge in [-0.1, -0.05) is 24.3 Å². The number of nitrogens with zero attached hydrogens (tertiary/aromatic N) is 8. The summed E-state index contributed by atoms with van der Waals surface area (Å²) < 4.78 is 0. The largest absolute Gasteiger partial charge is 0.338 e. The van der Waals surface area contributed by atoms with Crippen LogP contribution in [0.25, 0.3) is 0 Å². The van der Waals surface area contributed by atoms with Crippen LogP contribution in [0.3, 0.4) is 0 Å². The molecule has 1 aromatic carbocycles. The quantitative estimate of drug-likeness (QED) is 0.588. The highest BCUT2D eigenvalue weighted by atomic mass is 15.3. The average Bonchev–Trinajstić information content (AvgIpc) is 2.87. The fraction of sp³-hybridized carbons (Fsp3) is 0.417. The predicted molar refractivity (Wildman–Crippen MR) is 125 cm³/mol. The van der Waals surface area contributed by atoms with Crippen LogP contribution in [0.4, 0.5) is 11.9 Å². The molecule has 0 aliphatic carbocycles. The van der Waals surface area contributed by atoms with Gasteiger partial charge in [0.25, 0.3) is 0 Å². The SMILES string of the molecule is c1cnc(N2CCN(Cc3ccc(CN4CCN(c5ncccn5)CC4)cc3)CC2)nc1. The zero-order valence-corrected chi connectivity index (χ0v) is 18.4. The van der Waals surface area contributed by atoms with Crippen LogP contribution in [0.15, 0.2) is 61.2 Å². The number of rotatable bonds is 6. The average molecular weight is 431 g/mol. The van der Waals surface area contributed by atoms with Gasteiger partial charge in [0.2, 0.25) is 11.9 Å². The molecule has 0 radical (unpaired) electrons. The Hall–Kier alpha value is -3.10. The van der Waals surface area contributed by atoms with E-state index in [4.69, 9.17) is 0 Å². The maximum Gasteiger partial charge on any atom is 0.225 e. The first-order chi connectivity index (χ1) is 15.8. The zero-order chi connectivity index (χ0) is 21.6. The number of aromatic nitrogens is 4. The Morgan fingerprint density at radius 1 is 0.500 bits per heavy atom. The lowest BCUT2D eigenvalue weighted by Crippen LogP contribution is -2.46. The van der Waals surface area contributed by atoms with Gasteiger partial charge in [-0.3, -0.25) is 9.80 Å². The van der Waals surface area contributed by atoms with Crippen molar-refractivity contribution in [3.05, 3.63) is 72.3 Å². The maximum atomic E-state index is 4.37. The monoisotopic (exact) mass is 430 g/mol. The molecule has 0 spiro atoms. The first-order valence-electron chi connectivity index (χ1n) is 11.4. The summed E-state index contributed by atoms with van der Waals surface area (Å²) in [5.74, 6) is 1.68. The highest BCUT2D eigenvalue weighted by Gasteiger charge is 2.20. The summed E-state index contributed by atoms with van der Waals surface area (Å²) in [6.07, 6.45) is 7.25. The van der Waals surface area contributed by atoms with Gasteiger partial charge < -0.3 is 9.80 Å². The lowest BCUT2D eigenvalue weighted by Gasteiger charge is -2.35. The Kier molecular flexibility index (Phi) is 6.50. The molecule has 0 N–H and O–H groups in total. The van der Waals surface area contributed by atoms with Crippen LogP contribution in [0.2, 0.25) is 0 Å². The minimum Gasteiger partial charge on any atom is -0.338 e. The molecule has 0 unspecified atom stereocenters. The fourth-order valence-electron chi connectivity index (χ4n) is 4.39. The van der Waals surface area contributed by atoms with Crippen LogP contribution >= 0.6 is 0 Å². The molecule has 2 saturated heterocycles. The van der Waals surface area contributed by atoms with Crippen molar-refractivity contribution in [3.63, 3.8) is 0 Å². The van der Waals surface area contributed by atoms with Crippen LogP contribution in [0, 0.1) is 0 Å². The Morgan fingerprint density at radius 3 is 1.19 bits per heavy atom. The Bertz CT molecular complexity index is 870. The van der Waals surface area contributed by atoms with Crippen molar-refractivity contribution in [2.24, 2.45) is 0 Å². The van der Waals surface area contributed by atoms with Gasteiger partial charge in [0.15, 0.2) is 0 Å². The van der Waals surface area contributed by atoms with Crippen molar-refractivity contribution >= 4 is 11.9 Å². The molecule has 2 fully saturated rings. The smallest absolute Gasteiger partial charge is 0.225 e. The highest BCUT2D eigenvalue weighted by Crippen LogP contribution is 2.16. The highest BCUT2D eigenvalue weighted by molar-refractivity contribution is 5.30. The molecule has 2 aliphatic heterocycles. The summed E-state index contributed by atoms with van der Waals surface area (Å²) in [5, 5.41) is 0. The summed E-state index contributed by atoms with van der Waals surface area (Å²) in [5.41, 5.74) is 2.76. The molecule has 8 heteroatoms. The van der Waals surface area contributed by atoms with Crippen molar-refractivity contribution in [2.45, 2.75) is 13.1 Å². The zero-order valence-electron chi connectivity index (χ0n) is 18.4. The van der Waals surface area contributed by atoms with Gasteiger partial charge in [-0.25, -0.2) is 19.9 Å². The molecule has 0 saturated carbocycles. The maximum absolute atomic E-state index is 4.37. The molecule has 2 aliphatic rings. The third-order valence-corrected chi connectivity index (χ3v) is 6.25. The third-order valence-electron chi connectivity index (χ3n) is 6.25. The van der Waals surface area contributed by atoms with Gasteiger partial charge in [-0.2, -0.15) is 0 Å². The lowest BCUT2D eigenvalue weighted by atomic mass is 10.1. The summed E-state index contributed by atoms with van der Waals surface area (Å²) >= 11 is 0. The first-order valence-corrected chi connectivity index (χ1v) is 11.4. The van der Waals surface area contributed by atoms with Crippen LogP contribution < -0.4 is 9.80 Å². The van der Waals surface area contributed by atoms with Gasteiger partial charge in [-0.05, 0) is 23.3 Å². The molecular formula is C24H30N8. The Morgan fingerprint density at radius 2 is 0.844 bits per heavy atom. The van der Waals surface area contributed by atoms with Crippen LogP contribution in [0.5, 0.6) is 0 Å². The van der Waals surface area contributed by atoms with Crippen LogP contribution in [0.1, 0.15) is 11.1 Å². The molecule has 166 valence electrons. The molecule has 32 heavy (non-hydrogen) atoms.